The Morgan fingerprint density at radius 3 is 2.71 bits per heavy atom. The number of amides is 1. The van der Waals surface area contributed by atoms with Crippen LogP contribution in [0.1, 0.15) is 42.3 Å². The number of rotatable bonds is 5. The Morgan fingerprint density at radius 2 is 2.00 bits per heavy atom. The lowest BCUT2D eigenvalue weighted by Gasteiger charge is -2.20. The number of fused-ring (bicyclic) bond motifs is 1. The maximum Gasteiger partial charge on any atom is 0.412 e. The second-order valence-electron chi connectivity index (χ2n) is 7.74. The van der Waals surface area contributed by atoms with E-state index in [1.807, 2.05) is 0 Å². The Morgan fingerprint density at radius 1 is 1.23 bits per heavy atom. The van der Waals surface area contributed by atoms with E-state index in [-0.39, 0.29) is 31.3 Å². The number of carbonyl (C=O) groups excluding carboxylic acids is 2. The Labute approximate surface area is 178 Å². The van der Waals surface area contributed by atoms with Crippen molar-refractivity contribution in [2.75, 3.05) is 12.1 Å². The lowest BCUT2D eigenvalue weighted by atomic mass is 10.1. The molecule has 0 fully saturated rings. The van der Waals surface area contributed by atoms with Crippen LogP contribution < -0.4 is 10.1 Å². The summed E-state index contributed by atoms with van der Waals surface area (Å²) in [5, 5.41) is 13.7. The van der Waals surface area contributed by atoms with Crippen LogP contribution in [0, 0.1) is 10.1 Å². The first-order chi connectivity index (χ1) is 14.6. The first-order valence-corrected chi connectivity index (χ1v) is 9.40. The van der Waals surface area contributed by atoms with E-state index in [9.17, 15) is 19.7 Å². The van der Waals surface area contributed by atoms with Gasteiger partial charge in [-0.15, -0.1) is 0 Å². The highest BCUT2D eigenvalue weighted by Crippen LogP contribution is 2.33. The number of hydrogen-bond donors (Lipinski definition) is 1. The highest BCUT2D eigenvalue weighted by molar-refractivity contribution is 5.92. The third-order valence-electron chi connectivity index (χ3n) is 4.08. The molecule has 1 N–H and O–H groups in total. The van der Waals surface area contributed by atoms with Crippen molar-refractivity contribution >= 4 is 23.4 Å². The van der Waals surface area contributed by atoms with Gasteiger partial charge in [0.2, 0.25) is 0 Å². The minimum Gasteiger partial charge on any atom is -0.467 e. The van der Waals surface area contributed by atoms with E-state index in [0.29, 0.717) is 22.6 Å². The molecule has 0 radical (unpaired) electrons. The fraction of sp³-hybridized carbons (Fsp3) is 0.333. The molecule has 0 aliphatic carbocycles. The highest BCUT2D eigenvalue weighted by atomic mass is 16.7. The van der Waals surface area contributed by atoms with E-state index >= 15 is 0 Å². The molecule has 1 heterocycles. The monoisotopic (exact) mass is 430 g/mol. The van der Waals surface area contributed by atoms with Crippen LogP contribution in [0.5, 0.6) is 5.75 Å². The molecule has 0 saturated heterocycles. The normalized spacial score (nSPS) is 12.9. The summed E-state index contributed by atoms with van der Waals surface area (Å²) in [7, 11) is 0. The molecule has 3 rings (SSSR count). The van der Waals surface area contributed by atoms with Crippen molar-refractivity contribution in [1.29, 1.82) is 0 Å². The van der Waals surface area contributed by atoms with Gasteiger partial charge in [0, 0.05) is 28.9 Å². The van der Waals surface area contributed by atoms with Gasteiger partial charge < -0.3 is 18.9 Å². The van der Waals surface area contributed by atoms with Crippen molar-refractivity contribution in [1.82, 2.24) is 0 Å². The summed E-state index contributed by atoms with van der Waals surface area (Å²) >= 11 is 0. The van der Waals surface area contributed by atoms with Crippen LogP contribution in [0.2, 0.25) is 0 Å². The highest BCUT2D eigenvalue weighted by Gasteiger charge is 2.22. The number of nitro benzene ring substituents is 1. The van der Waals surface area contributed by atoms with Crippen LogP contribution in [0.25, 0.3) is 0 Å². The van der Waals surface area contributed by atoms with Gasteiger partial charge in [0.1, 0.15) is 18.0 Å². The Kier molecular flexibility index (Phi) is 6.40. The lowest BCUT2D eigenvalue weighted by molar-refractivity contribution is -0.385. The van der Waals surface area contributed by atoms with Crippen molar-refractivity contribution in [2.45, 2.75) is 39.6 Å². The van der Waals surface area contributed by atoms with Crippen molar-refractivity contribution in [3.63, 3.8) is 0 Å². The predicted molar refractivity (Wildman–Crippen MR) is 109 cm³/mol. The number of nitro groups is 1. The minimum absolute atomic E-state index is 0.00410. The smallest absolute Gasteiger partial charge is 0.412 e. The maximum atomic E-state index is 12.5. The number of anilines is 1. The van der Waals surface area contributed by atoms with E-state index in [4.69, 9.17) is 18.9 Å². The molecule has 2 aromatic rings. The molecule has 0 spiro atoms. The first kappa shape index (κ1) is 22.0. The van der Waals surface area contributed by atoms with Gasteiger partial charge in [-0.1, -0.05) is 6.07 Å². The fourth-order valence-electron chi connectivity index (χ4n) is 2.87. The summed E-state index contributed by atoms with van der Waals surface area (Å²) in [6.07, 6.45) is -0.652. The third kappa shape index (κ3) is 5.92. The lowest BCUT2D eigenvalue weighted by Crippen LogP contribution is -2.27. The van der Waals surface area contributed by atoms with Gasteiger partial charge in [0.15, 0.2) is 6.79 Å². The predicted octanol–water partition coefficient (Wildman–Crippen LogP) is 4.17. The van der Waals surface area contributed by atoms with E-state index in [1.54, 1.807) is 32.9 Å². The van der Waals surface area contributed by atoms with Crippen LogP contribution in [0.4, 0.5) is 16.2 Å². The summed E-state index contributed by atoms with van der Waals surface area (Å²) in [5.74, 6) is -0.259. The van der Waals surface area contributed by atoms with Gasteiger partial charge in [0.05, 0.1) is 17.1 Å². The van der Waals surface area contributed by atoms with Gasteiger partial charge in [-0.3, -0.25) is 15.4 Å². The van der Waals surface area contributed by atoms with Crippen molar-refractivity contribution in [3.8, 4) is 5.75 Å². The number of benzene rings is 2. The van der Waals surface area contributed by atoms with E-state index < -0.39 is 22.6 Å². The van der Waals surface area contributed by atoms with Crippen molar-refractivity contribution in [3.05, 3.63) is 63.2 Å². The van der Waals surface area contributed by atoms with Crippen LogP contribution in [0.3, 0.4) is 0 Å². The standard InChI is InChI=1S/C21H22N2O8/c1-21(2,3)31-20(25)22-16-6-4-5-13(7-16)19(24)29-11-15-9-17(23(26)27)8-14-10-28-12-30-18(14)15/h4-9H,10-12H2,1-3H3,(H,22,25). The summed E-state index contributed by atoms with van der Waals surface area (Å²) in [6.45, 7) is 5.15. The Balaban J connectivity index is 1.71. The van der Waals surface area contributed by atoms with Crippen LogP contribution in [-0.2, 0) is 27.4 Å². The zero-order valence-corrected chi connectivity index (χ0v) is 17.3. The molecule has 1 amide bonds. The number of carbonyl (C=O) groups is 2. The Hall–Kier alpha value is -3.66. The molecule has 0 bridgehead atoms. The van der Waals surface area contributed by atoms with Crippen LogP contribution in [0.15, 0.2) is 36.4 Å². The van der Waals surface area contributed by atoms with Gasteiger partial charge in [-0.2, -0.15) is 0 Å². The number of esters is 1. The molecule has 10 nitrogen and oxygen atoms in total. The molecule has 0 aromatic heterocycles. The first-order valence-electron chi connectivity index (χ1n) is 9.40. The molecule has 31 heavy (non-hydrogen) atoms. The number of hydrogen-bond acceptors (Lipinski definition) is 8. The molecule has 0 unspecified atom stereocenters. The fourth-order valence-corrected chi connectivity index (χ4v) is 2.87. The second kappa shape index (κ2) is 9.00. The SMILES string of the molecule is CC(C)(C)OC(=O)Nc1cccc(C(=O)OCc2cc([N+](=O)[O-])cc3c2OCOC3)c1. The average Bonchev–Trinajstić information content (AvgIpc) is 2.70. The second-order valence-corrected chi connectivity index (χ2v) is 7.74. The number of non-ortho nitro benzene ring substituents is 1. The zero-order chi connectivity index (χ0) is 22.6. The molecule has 0 atom stereocenters. The van der Waals surface area contributed by atoms with Gasteiger partial charge >= 0.3 is 12.1 Å². The topological polar surface area (TPSA) is 126 Å². The van der Waals surface area contributed by atoms with E-state index in [0.717, 1.165) is 0 Å². The summed E-state index contributed by atoms with van der Waals surface area (Å²) in [5.41, 5.74) is 0.612. The zero-order valence-electron chi connectivity index (χ0n) is 17.3. The van der Waals surface area contributed by atoms with Gasteiger partial charge in [0.25, 0.3) is 5.69 Å². The molecular formula is C21H22N2O8. The summed E-state index contributed by atoms with van der Waals surface area (Å²) in [6, 6.07) is 8.82. The average molecular weight is 430 g/mol. The van der Waals surface area contributed by atoms with Gasteiger partial charge in [-0.05, 0) is 39.0 Å². The molecule has 1 aliphatic heterocycles. The molecule has 2 aromatic carbocycles. The van der Waals surface area contributed by atoms with Gasteiger partial charge in [-0.25, -0.2) is 9.59 Å². The summed E-state index contributed by atoms with van der Waals surface area (Å²) < 4.78 is 21.1. The van der Waals surface area contributed by atoms with Crippen molar-refractivity contribution in [2.24, 2.45) is 0 Å². The molecular weight excluding hydrogens is 408 g/mol. The number of ether oxygens (including phenoxy) is 4. The minimum atomic E-state index is -0.667. The summed E-state index contributed by atoms with van der Waals surface area (Å²) in [4.78, 5) is 35.1. The number of nitrogens with one attached hydrogen (secondary N) is 1. The Bertz CT molecular complexity index is 1010. The molecule has 10 heteroatoms. The largest absolute Gasteiger partial charge is 0.467 e. The van der Waals surface area contributed by atoms with E-state index in [1.165, 1.54) is 24.3 Å². The van der Waals surface area contributed by atoms with E-state index in [2.05, 4.69) is 5.32 Å². The maximum absolute atomic E-state index is 12.5. The molecule has 1 aliphatic rings. The van der Waals surface area contributed by atoms with Crippen molar-refractivity contribution < 1.29 is 33.5 Å². The van der Waals surface area contributed by atoms with Crippen LogP contribution >= 0.6 is 0 Å². The third-order valence-corrected chi connectivity index (χ3v) is 4.08. The molecule has 0 saturated carbocycles. The molecule has 164 valence electrons. The van der Waals surface area contributed by atoms with Crippen LogP contribution in [-0.4, -0.2) is 29.4 Å². The quantitative estimate of drug-likeness (QED) is 0.426. The number of nitrogens with zero attached hydrogens (tertiary/aromatic N) is 1.